The second kappa shape index (κ2) is 9.90. The van der Waals surface area contributed by atoms with Crippen LogP contribution in [0.5, 0.6) is 0 Å². The molecule has 0 aromatic rings. The van der Waals surface area contributed by atoms with E-state index in [9.17, 15) is 9.59 Å². The first-order valence-electron chi connectivity index (χ1n) is 10.7. The largest absolute Gasteiger partial charge is 0.393 e. The van der Waals surface area contributed by atoms with Gasteiger partial charge in [0, 0.05) is 0 Å². The van der Waals surface area contributed by atoms with Crippen molar-refractivity contribution in [3.63, 3.8) is 0 Å². The highest BCUT2D eigenvalue weighted by molar-refractivity contribution is 5.95. The lowest BCUT2D eigenvalue weighted by atomic mass is 9.65. The van der Waals surface area contributed by atoms with Gasteiger partial charge in [-0.3, -0.25) is 9.59 Å². The van der Waals surface area contributed by atoms with Crippen LogP contribution >= 0.6 is 0 Å². The summed E-state index contributed by atoms with van der Waals surface area (Å²) in [6.45, 7) is 18.2. The van der Waals surface area contributed by atoms with E-state index >= 15 is 0 Å². The predicted molar refractivity (Wildman–Crippen MR) is 108 cm³/mol. The predicted octanol–water partition coefficient (Wildman–Crippen LogP) is 6.25. The van der Waals surface area contributed by atoms with Gasteiger partial charge < -0.3 is 4.74 Å². The number of esters is 2. The number of rotatable bonds is 11. The molecule has 0 bridgehead atoms. The highest BCUT2D eigenvalue weighted by atomic mass is 16.6. The fourth-order valence-electron chi connectivity index (χ4n) is 5.53. The molecule has 1 saturated heterocycles. The number of hydrogen-bond acceptors (Lipinski definition) is 3. The monoisotopic (exact) mass is 366 g/mol. The molecule has 1 rings (SSSR count). The molecule has 0 radical (unpaired) electrons. The highest BCUT2D eigenvalue weighted by Gasteiger charge is 2.47. The molecule has 0 aromatic heterocycles. The van der Waals surface area contributed by atoms with Crippen molar-refractivity contribution >= 4 is 11.9 Å². The molecule has 3 nitrogen and oxygen atoms in total. The van der Waals surface area contributed by atoms with Gasteiger partial charge in [0.05, 0.1) is 12.3 Å². The van der Waals surface area contributed by atoms with Gasteiger partial charge >= 0.3 is 11.9 Å². The topological polar surface area (TPSA) is 43.4 Å². The maximum absolute atomic E-state index is 12.3. The Hall–Kier alpha value is -0.860. The first kappa shape index (κ1) is 23.2. The minimum Gasteiger partial charge on any atom is -0.393 e. The Morgan fingerprint density at radius 1 is 0.846 bits per heavy atom. The van der Waals surface area contributed by atoms with E-state index in [1.54, 1.807) is 0 Å². The average molecular weight is 367 g/mol. The van der Waals surface area contributed by atoms with E-state index in [0.29, 0.717) is 23.7 Å². The number of carbonyl (C=O) groups excluding carboxylic acids is 2. The number of cyclic esters (lactones) is 2. The summed E-state index contributed by atoms with van der Waals surface area (Å²) in [4.78, 5) is 24.1. The summed E-state index contributed by atoms with van der Waals surface area (Å²) >= 11 is 0. The Balaban J connectivity index is 2.86. The van der Waals surface area contributed by atoms with Crippen molar-refractivity contribution in [1.29, 1.82) is 0 Å². The molecule has 0 spiro atoms. The Kier molecular flexibility index (Phi) is 8.82. The summed E-state index contributed by atoms with van der Waals surface area (Å²) < 4.78 is 4.92. The first-order valence-corrected chi connectivity index (χ1v) is 10.7. The number of carbonyl (C=O) groups is 2. The van der Waals surface area contributed by atoms with Crippen molar-refractivity contribution in [2.24, 2.45) is 40.9 Å². The quantitative estimate of drug-likeness (QED) is 0.320. The van der Waals surface area contributed by atoms with Crippen molar-refractivity contribution in [2.45, 2.75) is 93.9 Å². The fourth-order valence-corrected chi connectivity index (χ4v) is 5.53. The van der Waals surface area contributed by atoms with Crippen LogP contribution in [0.4, 0.5) is 0 Å². The molecule has 5 unspecified atom stereocenters. The summed E-state index contributed by atoms with van der Waals surface area (Å²) in [7, 11) is 0. The molecule has 0 aliphatic carbocycles. The summed E-state index contributed by atoms with van der Waals surface area (Å²) in [5, 5.41) is 0. The Bertz CT molecular complexity index is 468. The molecule has 1 aliphatic rings. The van der Waals surface area contributed by atoms with Crippen LogP contribution in [0.15, 0.2) is 0 Å². The Morgan fingerprint density at radius 3 is 1.73 bits per heavy atom. The van der Waals surface area contributed by atoms with Gasteiger partial charge in [0.15, 0.2) is 0 Å². The van der Waals surface area contributed by atoms with Gasteiger partial charge in [-0.25, -0.2) is 0 Å². The van der Waals surface area contributed by atoms with Crippen molar-refractivity contribution in [3.8, 4) is 0 Å². The third-order valence-corrected chi connectivity index (χ3v) is 5.89. The summed E-state index contributed by atoms with van der Waals surface area (Å²) in [5.41, 5.74) is -0.158. The standard InChI is InChI=1S/C23H42O3/c1-15(2)9-17(5)11-19(7)14-23(8,13-18(6)10-16(3)4)20-12-21(24)26-22(20)25/h15-20H,9-14H2,1-8H3. The lowest BCUT2D eigenvalue weighted by Crippen LogP contribution is -2.35. The highest BCUT2D eigenvalue weighted by Crippen LogP contribution is 2.46. The van der Waals surface area contributed by atoms with E-state index in [0.717, 1.165) is 25.2 Å². The Morgan fingerprint density at radius 2 is 1.31 bits per heavy atom. The van der Waals surface area contributed by atoms with Crippen molar-refractivity contribution < 1.29 is 14.3 Å². The second-order valence-electron chi connectivity index (χ2n) is 10.4. The summed E-state index contributed by atoms with van der Waals surface area (Å²) in [6, 6.07) is 0. The molecular formula is C23H42O3. The lowest BCUT2D eigenvalue weighted by Gasteiger charge is -2.38. The first-order chi connectivity index (χ1) is 11.9. The van der Waals surface area contributed by atoms with Crippen molar-refractivity contribution in [2.75, 3.05) is 0 Å². The lowest BCUT2D eigenvalue weighted by molar-refractivity contribution is -0.154. The maximum atomic E-state index is 12.3. The third kappa shape index (κ3) is 7.40. The zero-order valence-corrected chi connectivity index (χ0v) is 18.4. The molecule has 0 N–H and O–H groups in total. The van der Waals surface area contributed by atoms with Gasteiger partial charge in [0.1, 0.15) is 0 Å². The minimum atomic E-state index is -0.344. The zero-order valence-electron chi connectivity index (χ0n) is 18.4. The van der Waals surface area contributed by atoms with Crippen LogP contribution < -0.4 is 0 Å². The summed E-state index contributed by atoms with van der Waals surface area (Å²) in [5.74, 6) is 2.24. The number of hydrogen-bond donors (Lipinski definition) is 0. The van der Waals surface area contributed by atoms with E-state index in [2.05, 4.69) is 55.4 Å². The van der Waals surface area contributed by atoms with Gasteiger partial charge in [-0.05, 0) is 67.1 Å². The van der Waals surface area contributed by atoms with Crippen LogP contribution in [-0.2, 0) is 14.3 Å². The normalized spacial score (nSPS) is 23.8. The fraction of sp³-hybridized carbons (Fsp3) is 0.913. The van der Waals surface area contributed by atoms with E-state index in [4.69, 9.17) is 4.74 Å². The van der Waals surface area contributed by atoms with Crippen LogP contribution in [0.2, 0.25) is 0 Å². The van der Waals surface area contributed by atoms with E-state index in [1.165, 1.54) is 12.8 Å². The maximum Gasteiger partial charge on any atom is 0.317 e. The summed E-state index contributed by atoms with van der Waals surface area (Å²) in [6.07, 6.45) is 5.82. The van der Waals surface area contributed by atoms with Gasteiger partial charge in [-0.1, -0.05) is 55.4 Å². The molecule has 1 heterocycles. The van der Waals surface area contributed by atoms with Crippen LogP contribution in [0, 0.1) is 40.9 Å². The molecule has 0 saturated carbocycles. The van der Waals surface area contributed by atoms with Crippen molar-refractivity contribution in [1.82, 2.24) is 0 Å². The van der Waals surface area contributed by atoms with E-state index in [1.807, 2.05) is 0 Å². The Labute approximate surface area is 161 Å². The van der Waals surface area contributed by atoms with Crippen LogP contribution in [0.3, 0.4) is 0 Å². The molecule has 26 heavy (non-hydrogen) atoms. The van der Waals surface area contributed by atoms with Gasteiger partial charge in [0.25, 0.3) is 0 Å². The van der Waals surface area contributed by atoms with Gasteiger partial charge in [-0.15, -0.1) is 0 Å². The molecule has 0 aromatic carbocycles. The van der Waals surface area contributed by atoms with Crippen molar-refractivity contribution in [3.05, 3.63) is 0 Å². The number of ether oxygens (including phenoxy) is 1. The third-order valence-electron chi connectivity index (χ3n) is 5.89. The zero-order chi connectivity index (χ0) is 20.1. The average Bonchev–Trinajstić information content (AvgIpc) is 2.75. The van der Waals surface area contributed by atoms with Gasteiger partial charge in [0.2, 0.25) is 0 Å². The molecule has 0 amide bonds. The molecule has 152 valence electrons. The molecule has 3 heteroatoms. The smallest absolute Gasteiger partial charge is 0.317 e. The van der Waals surface area contributed by atoms with Gasteiger partial charge in [-0.2, -0.15) is 0 Å². The van der Waals surface area contributed by atoms with Crippen LogP contribution in [0.25, 0.3) is 0 Å². The second-order valence-corrected chi connectivity index (χ2v) is 10.4. The SMILES string of the molecule is CC(C)CC(C)CC(C)CC(C)(CC(C)CC(C)C)C1CC(=O)OC1=O. The molecule has 1 aliphatic heterocycles. The minimum absolute atomic E-state index is 0.158. The molecule has 1 fully saturated rings. The van der Waals surface area contributed by atoms with Crippen LogP contribution in [0.1, 0.15) is 93.9 Å². The molecule has 5 atom stereocenters. The van der Waals surface area contributed by atoms with Crippen LogP contribution in [-0.4, -0.2) is 11.9 Å². The van der Waals surface area contributed by atoms with E-state index in [-0.39, 0.29) is 29.7 Å². The van der Waals surface area contributed by atoms with E-state index < -0.39 is 0 Å². The molecular weight excluding hydrogens is 324 g/mol.